The van der Waals surface area contributed by atoms with Crippen LogP contribution in [-0.2, 0) is 0 Å². The largest absolute Gasteiger partial charge is 0.364 e. The first-order chi connectivity index (χ1) is 7.09. The summed E-state index contributed by atoms with van der Waals surface area (Å²) in [7, 11) is 0. The van der Waals surface area contributed by atoms with Gasteiger partial charge in [-0.05, 0) is 12.1 Å². The summed E-state index contributed by atoms with van der Waals surface area (Å²) < 4.78 is 0. The van der Waals surface area contributed by atoms with E-state index in [4.69, 9.17) is 17.3 Å². The number of halogens is 1. The Kier molecular flexibility index (Phi) is 2.21. The average Bonchev–Trinajstić information content (AvgIpc) is 2.19. The molecule has 2 rings (SSSR count). The molecule has 1 radical (unpaired) electrons. The molecule has 0 aliphatic carbocycles. The van der Waals surface area contributed by atoms with Crippen LogP contribution in [0.5, 0.6) is 0 Å². The predicted octanol–water partition coefficient (Wildman–Crippen LogP) is 1.08. The minimum Gasteiger partial charge on any atom is -0.364 e. The maximum atomic E-state index is 11.5. The van der Waals surface area contributed by atoms with Crippen molar-refractivity contribution in [2.75, 3.05) is 0 Å². The summed E-state index contributed by atoms with van der Waals surface area (Å²) >= 11 is 5.85. The molecule has 0 bridgehead atoms. The molecule has 0 saturated heterocycles. The highest BCUT2D eigenvalue weighted by Crippen LogP contribution is 2.20. The van der Waals surface area contributed by atoms with Crippen molar-refractivity contribution in [1.29, 1.82) is 0 Å². The second-order valence-electron chi connectivity index (χ2n) is 3.00. The fraction of sp³-hybridized carbons (Fsp3) is 0. The van der Waals surface area contributed by atoms with Gasteiger partial charge in [-0.2, -0.15) is 0 Å². The Bertz CT molecular complexity index is 604. The monoisotopic (exact) mass is 221 g/mol. The smallest absolute Gasteiger partial charge is 0.265 e. The van der Waals surface area contributed by atoms with Gasteiger partial charge in [-0.25, -0.2) is 0 Å². The molecule has 0 fully saturated rings. The Morgan fingerprint density at radius 1 is 1.47 bits per heavy atom. The third-order valence-electron chi connectivity index (χ3n) is 2.03. The van der Waals surface area contributed by atoms with Crippen LogP contribution in [0.4, 0.5) is 0 Å². The molecule has 1 aromatic carbocycles. The fourth-order valence-electron chi connectivity index (χ4n) is 1.33. The first kappa shape index (κ1) is 9.73. The lowest BCUT2D eigenvalue weighted by molar-refractivity contribution is 0.0995. The van der Waals surface area contributed by atoms with Gasteiger partial charge < -0.3 is 10.7 Å². The van der Waals surface area contributed by atoms with Crippen LogP contribution in [-0.4, -0.2) is 10.9 Å². The number of hydrogen-bond acceptors (Lipinski definition) is 2. The van der Waals surface area contributed by atoms with Crippen molar-refractivity contribution in [2.24, 2.45) is 5.73 Å². The Hall–Kier alpha value is -1.81. The number of fused-ring (bicyclic) bond motifs is 1. The predicted molar refractivity (Wildman–Crippen MR) is 56.9 cm³/mol. The molecule has 5 heteroatoms. The second kappa shape index (κ2) is 3.40. The second-order valence-corrected chi connectivity index (χ2v) is 3.37. The zero-order valence-corrected chi connectivity index (χ0v) is 8.26. The molecule has 1 aromatic heterocycles. The molecule has 15 heavy (non-hydrogen) atoms. The topological polar surface area (TPSA) is 76.0 Å². The Morgan fingerprint density at radius 2 is 2.20 bits per heavy atom. The number of nitrogens with two attached hydrogens (primary N) is 1. The lowest BCUT2D eigenvalue weighted by atomic mass is 10.1. The van der Waals surface area contributed by atoms with E-state index in [0.29, 0.717) is 15.8 Å². The van der Waals surface area contributed by atoms with Crippen LogP contribution in [0.15, 0.2) is 23.0 Å². The average molecular weight is 222 g/mol. The molecule has 1 amide bonds. The number of pyridine rings is 1. The van der Waals surface area contributed by atoms with Gasteiger partial charge in [-0.15, -0.1) is 0 Å². The van der Waals surface area contributed by atoms with E-state index < -0.39 is 11.5 Å². The molecule has 0 unspecified atom stereocenters. The lowest BCUT2D eigenvalue weighted by Gasteiger charge is -2.01. The quantitative estimate of drug-likeness (QED) is 0.756. The number of hydrogen-bond donors (Lipinski definition) is 2. The van der Waals surface area contributed by atoms with E-state index in [1.54, 1.807) is 12.1 Å². The molecule has 75 valence electrons. The van der Waals surface area contributed by atoms with Gasteiger partial charge >= 0.3 is 0 Å². The number of H-pyrrole nitrogens is 1. The summed E-state index contributed by atoms with van der Waals surface area (Å²) in [5, 5.41) is 1.17. The number of carbonyl (C=O) groups excluding carboxylic acids is 1. The molecule has 0 atom stereocenters. The van der Waals surface area contributed by atoms with Crippen molar-refractivity contribution in [3.05, 3.63) is 45.3 Å². The summed E-state index contributed by atoms with van der Waals surface area (Å²) in [6.07, 6.45) is 0. The molecular formula is C10H6ClN2O2. The highest BCUT2D eigenvalue weighted by molar-refractivity contribution is 6.35. The first-order valence-corrected chi connectivity index (χ1v) is 4.50. The minimum atomic E-state index is -0.700. The van der Waals surface area contributed by atoms with Gasteiger partial charge in [0.25, 0.3) is 11.5 Å². The summed E-state index contributed by atoms with van der Waals surface area (Å²) in [6.45, 7) is 0. The van der Waals surface area contributed by atoms with E-state index in [-0.39, 0.29) is 5.69 Å². The number of benzene rings is 1. The molecule has 1 heterocycles. The maximum absolute atomic E-state index is 11.5. The number of primary amides is 1. The lowest BCUT2D eigenvalue weighted by Crippen LogP contribution is -2.18. The van der Waals surface area contributed by atoms with Gasteiger partial charge in [0.05, 0.1) is 5.02 Å². The molecule has 0 aliphatic heterocycles. The van der Waals surface area contributed by atoms with Crippen molar-refractivity contribution in [3.63, 3.8) is 0 Å². The number of aromatic amines is 1. The van der Waals surface area contributed by atoms with E-state index in [9.17, 15) is 9.59 Å². The van der Waals surface area contributed by atoms with Gasteiger partial charge in [0.15, 0.2) is 0 Å². The maximum Gasteiger partial charge on any atom is 0.265 e. The molecule has 0 aliphatic rings. The van der Waals surface area contributed by atoms with Gasteiger partial charge in [0.1, 0.15) is 5.69 Å². The normalized spacial score (nSPS) is 10.5. The molecule has 0 spiro atoms. The van der Waals surface area contributed by atoms with Gasteiger partial charge in [0.2, 0.25) is 0 Å². The van der Waals surface area contributed by atoms with Crippen molar-refractivity contribution in [3.8, 4) is 0 Å². The number of carbonyl (C=O) groups is 1. The zero-order chi connectivity index (χ0) is 11.0. The zero-order valence-electron chi connectivity index (χ0n) is 7.50. The van der Waals surface area contributed by atoms with E-state index in [1.807, 2.05) is 0 Å². The first-order valence-electron chi connectivity index (χ1n) is 4.12. The highest BCUT2D eigenvalue weighted by atomic mass is 35.5. The molecular weight excluding hydrogens is 216 g/mol. The Morgan fingerprint density at radius 3 is 2.87 bits per heavy atom. The van der Waals surface area contributed by atoms with Crippen LogP contribution in [0.1, 0.15) is 10.5 Å². The van der Waals surface area contributed by atoms with Gasteiger partial charge in [-0.1, -0.05) is 17.7 Å². The van der Waals surface area contributed by atoms with Crippen molar-refractivity contribution in [1.82, 2.24) is 4.98 Å². The molecule has 2 aromatic rings. The number of amides is 1. The SMILES string of the molecule is NC(=O)c1cc2c(Cl)[c]ccc2c(=O)[nH]1. The van der Waals surface area contributed by atoms with Crippen LogP contribution in [0.25, 0.3) is 10.8 Å². The summed E-state index contributed by atoms with van der Waals surface area (Å²) in [4.78, 5) is 24.8. The van der Waals surface area contributed by atoms with Crippen molar-refractivity contribution in [2.45, 2.75) is 0 Å². The molecule has 0 saturated carbocycles. The molecule has 3 N–H and O–H groups in total. The van der Waals surface area contributed by atoms with E-state index in [2.05, 4.69) is 11.1 Å². The fourth-order valence-corrected chi connectivity index (χ4v) is 1.55. The summed E-state index contributed by atoms with van der Waals surface area (Å²) in [5.41, 5.74) is 4.71. The standard InChI is InChI=1S/C10H6ClN2O2/c11-7-3-1-2-5-6(7)4-8(9(12)14)13-10(5)15/h1-2,4H,(H2,12,14)(H,13,15). The number of rotatable bonds is 1. The van der Waals surface area contributed by atoms with E-state index in [0.717, 1.165) is 0 Å². The third kappa shape index (κ3) is 1.59. The van der Waals surface area contributed by atoms with Crippen LogP contribution in [0.3, 0.4) is 0 Å². The third-order valence-corrected chi connectivity index (χ3v) is 2.35. The highest BCUT2D eigenvalue weighted by Gasteiger charge is 2.07. The van der Waals surface area contributed by atoms with Crippen LogP contribution < -0.4 is 11.3 Å². The van der Waals surface area contributed by atoms with Crippen LogP contribution in [0.2, 0.25) is 5.02 Å². The van der Waals surface area contributed by atoms with E-state index >= 15 is 0 Å². The van der Waals surface area contributed by atoms with Crippen LogP contribution >= 0.6 is 11.6 Å². The minimum absolute atomic E-state index is 0.0361. The van der Waals surface area contributed by atoms with Crippen LogP contribution in [0, 0.1) is 6.07 Å². The molecule has 4 nitrogen and oxygen atoms in total. The van der Waals surface area contributed by atoms with E-state index in [1.165, 1.54) is 6.07 Å². The summed E-state index contributed by atoms with van der Waals surface area (Å²) in [5.74, 6) is -0.700. The van der Waals surface area contributed by atoms with Crippen molar-refractivity contribution < 1.29 is 4.79 Å². The Labute approximate surface area is 89.7 Å². The van der Waals surface area contributed by atoms with Crippen molar-refractivity contribution >= 4 is 28.3 Å². The summed E-state index contributed by atoms with van der Waals surface area (Å²) in [6, 6.07) is 7.29. The number of nitrogens with one attached hydrogen (secondary N) is 1. The van der Waals surface area contributed by atoms with Gasteiger partial charge in [0, 0.05) is 16.8 Å². The number of aromatic nitrogens is 1. The Balaban J connectivity index is 2.92. The van der Waals surface area contributed by atoms with Gasteiger partial charge in [-0.3, -0.25) is 9.59 Å².